The van der Waals surface area contributed by atoms with Crippen molar-refractivity contribution >= 4 is 17.5 Å². The molecular weight excluding hydrogens is 416 g/mol. The van der Waals surface area contributed by atoms with Crippen molar-refractivity contribution in [3.63, 3.8) is 0 Å². The zero-order valence-corrected chi connectivity index (χ0v) is 18.1. The third-order valence-electron chi connectivity index (χ3n) is 5.46. The molecule has 0 fully saturated rings. The summed E-state index contributed by atoms with van der Waals surface area (Å²) in [5.74, 6) is -0.442. The Morgan fingerprint density at radius 3 is 2.12 bits per heavy atom. The highest BCUT2D eigenvalue weighted by molar-refractivity contribution is 5.94. The van der Waals surface area contributed by atoms with E-state index in [0.29, 0.717) is 11.3 Å². The van der Waals surface area contributed by atoms with Crippen molar-refractivity contribution in [2.75, 3.05) is 11.9 Å². The Kier molecular flexibility index (Phi) is 7.29. The van der Waals surface area contributed by atoms with Gasteiger partial charge in [0.25, 0.3) is 5.91 Å². The molecule has 168 valence electrons. The lowest BCUT2D eigenvalue weighted by Crippen LogP contribution is -2.48. The van der Waals surface area contributed by atoms with Crippen LogP contribution in [-0.2, 0) is 9.53 Å². The number of amides is 2. The molecule has 0 spiro atoms. The Balaban J connectivity index is 1.32. The van der Waals surface area contributed by atoms with E-state index in [1.165, 1.54) is 0 Å². The number of rotatable bonds is 7. The number of benzene rings is 3. The van der Waals surface area contributed by atoms with E-state index in [4.69, 9.17) is 4.74 Å². The molecule has 0 aliphatic carbocycles. The number of ether oxygens (including phenoxy) is 1. The van der Waals surface area contributed by atoms with Gasteiger partial charge in [-0.15, -0.1) is 0 Å². The summed E-state index contributed by atoms with van der Waals surface area (Å²) in [7, 11) is 0. The minimum Gasteiger partial charge on any atom is -0.394 e. The number of hydrogen-bond donors (Lipinski definition) is 3. The average molecular weight is 443 g/mol. The molecule has 0 unspecified atom stereocenters. The average Bonchev–Trinajstić information content (AvgIpc) is 2.86. The third kappa shape index (κ3) is 5.94. The molecular formula is C27H26N2O4. The van der Waals surface area contributed by atoms with Gasteiger partial charge >= 0.3 is 0 Å². The van der Waals surface area contributed by atoms with E-state index >= 15 is 0 Å². The number of aliphatic hydroxyl groups excluding tert-OH is 1. The fourth-order valence-electron chi connectivity index (χ4n) is 3.73. The van der Waals surface area contributed by atoms with Crippen LogP contribution >= 0.6 is 0 Å². The van der Waals surface area contributed by atoms with Crippen molar-refractivity contribution < 1.29 is 19.4 Å². The van der Waals surface area contributed by atoms with Gasteiger partial charge in [0.15, 0.2) is 0 Å². The van der Waals surface area contributed by atoms with Crippen LogP contribution in [-0.4, -0.2) is 41.8 Å². The van der Waals surface area contributed by atoms with Gasteiger partial charge in [-0.25, -0.2) is 0 Å². The lowest BCUT2D eigenvalue weighted by molar-refractivity contribution is -0.120. The monoisotopic (exact) mass is 442 g/mol. The second-order valence-corrected chi connectivity index (χ2v) is 7.84. The molecule has 3 aromatic carbocycles. The second kappa shape index (κ2) is 10.7. The molecule has 3 N–H and O–H groups in total. The number of anilines is 1. The highest BCUT2D eigenvalue weighted by Gasteiger charge is 2.29. The summed E-state index contributed by atoms with van der Waals surface area (Å²) >= 11 is 0. The second-order valence-electron chi connectivity index (χ2n) is 7.84. The molecule has 0 radical (unpaired) electrons. The van der Waals surface area contributed by atoms with Crippen molar-refractivity contribution in [2.45, 2.75) is 24.7 Å². The largest absolute Gasteiger partial charge is 0.394 e. The van der Waals surface area contributed by atoms with E-state index in [2.05, 4.69) is 10.6 Å². The first-order chi connectivity index (χ1) is 16.1. The van der Waals surface area contributed by atoms with Gasteiger partial charge in [0.05, 0.1) is 25.2 Å². The number of carbonyl (C=O) groups is 2. The van der Waals surface area contributed by atoms with Crippen molar-refractivity contribution in [3.05, 3.63) is 103 Å². The number of carbonyl (C=O) groups excluding carboxylic acids is 2. The topological polar surface area (TPSA) is 87.7 Å². The zero-order valence-electron chi connectivity index (χ0n) is 18.1. The van der Waals surface area contributed by atoms with Crippen molar-refractivity contribution in [1.82, 2.24) is 5.32 Å². The van der Waals surface area contributed by atoms with Crippen molar-refractivity contribution in [1.29, 1.82) is 0 Å². The van der Waals surface area contributed by atoms with Crippen LogP contribution in [0.1, 0.15) is 16.8 Å². The van der Waals surface area contributed by atoms with Gasteiger partial charge in [0.2, 0.25) is 5.91 Å². The fraction of sp³-hybridized carbons (Fsp3) is 0.185. The molecule has 1 aliphatic rings. The van der Waals surface area contributed by atoms with Gasteiger partial charge in [0.1, 0.15) is 6.10 Å². The van der Waals surface area contributed by atoms with Crippen molar-refractivity contribution in [2.24, 2.45) is 0 Å². The van der Waals surface area contributed by atoms with Gasteiger partial charge in [-0.1, -0.05) is 72.8 Å². The summed E-state index contributed by atoms with van der Waals surface area (Å²) in [6.07, 6.45) is 2.51. The molecule has 3 aromatic rings. The van der Waals surface area contributed by atoms with Crippen LogP contribution < -0.4 is 10.6 Å². The van der Waals surface area contributed by atoms with Gasteiger partial charge < -0.3 is 20.5 Å². The third-order valence-corrected chi connectivity index (χ3v) is 5.46. The summed E-state index contributed by atoms with van der Waals surface area (Å²) in [6, 6.07) is 26.0. The normalized spacial score (nSPS) is 19.6. The fourth-order valence-corrected chi connectivity index (χ4v) is 3.73. The molecule has 0 bridgehead atoms. The van der Waals surface area contributed by atoms with Crippen LogP contribution in [0.3, 0.4) is 0 Å². The molecule has 0 saturated carbocycles. The number of nitrogens with one attached hydrogen (secondary N) is 2. The van der Waals surface area contributed by atoms with Crippen LogP contribution in [0.15, 0.2) is 97.1 Å². The summed E-state index contributed by atoms with van der Waals surface area (Å²) in [5, 5.41) is 15.5. The first-order valence-electron chi connectivity index (χ1n) is 10.9. The minimum absolute atomic E-state index is 0.104. The highest BCUT2D eigenvalue weighted by atomic mass is 16.5. The predicted octanol–water partition coefficient (Wildman–Crippen LogP) is 3.80. The SMILES string of the molecule is O=C(C[C@@H]1C=C[C@H](NC(=O)c2ccccc2)[C@H](CO)O1)Nc1ccc(-c2ccccc2)cc1. The van der Waals surface area contributed by atoms with Gasteiger partial charge in [-0.3, -0.25) is 9.59 Å². The highest BCUT2D eigenvalue weighted by Crippen LogP contribution is 2.22. The maximum atomic E-state index is 12.5. The van der Waals surface area contributed by atoms with Gasteiger partial charge in [-0.05, 0) is 35.4 Å². The Hall–Kier alpha value is -3.74. The maximum absolute atomic E-state index is 12.5. The van der Waals surface area contributed by atoms with Gasteiger partial charge in [0, 0.05) is 11.3 Å². The molecule has 6 heteroatoms. The Labute approximate surface area is 192 Å². The Bertz CT molecular complexity index is 1100. The molecule has 0 aromatic heterocycles. The Morgan fingerprint density at radius 1 is 0.818 bits per heavy atom. The molecule has 1 aliphatic heterocycles. The van der Waals surface area contributed by atoms with Gasteiger partial charge in [-0.2, -0.15) is 0 Å². The summed E-state index contributed by atoms with van der Waals surface area (Å²) in [6.45, 7) is -0.275. The summed E-state index contributed by atoms with van der Waals surface area (Å²) in [4.78, 5) is 24.9. The van der Waals surface area contributed by atoms with E-state index in [0.717, 1.165) is 11.1 Å². The summed E-state index contributed by atoms with van der Waals surface area (Å²) in [5.41, 5.74) is 3.41. The molecule has 2 amide bonds. The van der Waals surface area contributed by atoms with Crippen LogP contribution in [0.4, 0.5) is 5.69 Å². The van der Waals surface area contributed by atoms with E-state index in [9.17, 15) is 14.7 Å². The van der Waals surface area contributed by atoms with E-state index < -0.39 is 18.2 Å². The predicted molar refractivity (Wildman–Crippen MR) is 128 cm³/mol. The first-order valence-corrected chi connectivity index (χ1v) is 10.9. The summed E-state index contributed by atoms with van der Waals surface area (Å²) < 4.78 is 5.86. The smallest absolute Gasteiger partial charge is 0.251 e. The molecule has 6 nitrogen and oxygen atoms in total. The van der Waals surface area contributed by atoms with Crippen molar-refractivity contribution in [3.8, 4) is 11.1 Å². The van der Waals surface area contributed by atoms with Crippen LogP contribution in [0.25, 0.3) is 11.1 Å². The first kappa shape index (κ1) is 22.5. The van der Waals surface area contributed by atoms with Crippen LogP contribution in [0.2, 0.25) is 0 Å². The van der Waals surface area contributed by atoms with E-state index in [-0.39, 0.29) is 24.8 Å². The molecule has 0 saturated heterocycles. The zero-order chi connectivity index (χ0) is 23.0. The number of hydrogen-bond acceptors (Lipinski definition) is 4. The molecule has 3 atom stereocenters. The van der Waals surface area contributed by atoms with Crippen LogP contribution in [0.5, 0.6) is 0 Å². The van der Waals surface area contributed by atoms with E-state index in [1.807, 2.05) is 60.7 Å². The standard InChI is InChI=1S/C27H26N2O4/c30-18-25-24(29-27(32)21-9-5-2-6-10-21)16-15-23(33-25)17-26(31)28-22-13-11-20(12-14-22)19-7-3-1-4-8-19/h1-16,23-25,30H,17-18H2,(H,28,31)(H,29,32)/t23-,24-,25-/m0/s1. The quantitative estimate of drug-likeness (QED) is 0.486. The van der Waals surface area contributed by atoms with E-state index in [1.54, 1.807) is 36.4 Å². The molecule has 33 heavy (non-hydrogen) atoms. The maximum Gasteiger partial charge on any atom is 0.251 e. The lowest BCUT2D eigenvalue weighted by Gasteiger charge is -2.31. The Morgan fingerprint density at radius 2 is 1.45 bits per heavy atom. The van der Waals surface area contributed by atoms with Crippen LogP contribution in [0, 0.1) is 0 Å². The number of aliphatic hydroxyl groups is 1. The molecule has 4 rings (SSSR count). The molecule has 1 heterocycles. The lowest BCUT2D eigenvalue weighted by atomic mass is 10.0. The minimum atomic E-state index is -0.634.